The second kappa shape index (κ2) is 9.18. The molecule has 0 aliphatic carbocycles. The smallest absolute Gasteiger partial charge is 0.303 e. The minimum absolute atomic E-state index is 0.0331. The normalized spacial score (nSPS) is 10.5. The van der Waals surface area contributed by atoms with Crippen LogP contribution in [0, 0.1) is 11.3 Å². The number of hydrogen-bond acceptors (Lipinski definition) is 5. The molecular weight excluding hydrogens is 226 g/mol. The van der Waals surface area contributed by atoms with Crippen LogP contribution in [0.1, 0.15) is 12.8 Å². The van der Waals surface area contributed by atoms with Crippen molar-refractivity contribution in [3.8, 4) is 6.07 Å². The van der Waals surface area contributed by atoms with Gasteiger partial charge in [0.05, 0.1) is 6.61 Å². The summed E-state index contributed by atoms with van der Waals surface area (Å²) in [6, 6.07) is 1.70. The Labute approximate surface area is 98.7 Å². The highest BCUT2D eigenvalue weighted by atomic mass is 16.4. The molecule has 0 radical (unpaired) electrons. The molecule has 0 aromatic rings. The van der Waals surface area contributed by atoms with E-state index in [1.54, 1.807) is 6.07 Å². The average molecular weight is 241 g/mol. The molecule has 0 unspecified atom stereocenters. The summed E-state index contributed by atoms with van der Waals surface area (Å²) in [6.45, 7) is 0.344. The zero-order chi connectivity index (χ0) is 13.1. The lowest BCUT2D eigenvalue weighted by molar-refractivity contribution is -0.137. The molecule has 1 amide bonds. The van der Waals surface area contributed by atoms with Crippen LogP contribution in [0.4, 0.5) is 0 Å². The number of carboxylic acids is 1. The van der Waals surface area contributed by atoms with Crippen LogP contribution in [-0.2, 0) is 9.59 Å². The quantitative estimate of drug-likeness (QED) is 0.244. The minimum atomic E-state index is -0.931. The van der Waals surface area contributed by atoms with Gasteiger partial charge in [-0.2, -0.15) is 5.26 Å². The van der Waals surface area contributed by atoms with Gasteiger partial charge < -0.3 is 20.8 Å². The summed E-state index contributed by atoms with van der Waals surface area (Å²) in [5, 5.41) is 30.5. The van der Waals surface area contributed by atoms with Crippen LogP contribution in [0.5, 0.6) is 0 Å². The third kappa shape index (κ3) is 7.81. The molecular formula is C10H15N3O4. The third-order valence-electron chi connectivity index (χ3n) is 1.72. The minimum Gasteiger partial charge on any atom is -0.481 e. The first-order valence-corrected chi connectivity index (χ1v) is 5.06. The van der Waals surface area contributed by atoms with Crippen molar-refractivity contribution in [1.29, 1.82) is 5.26 Å². The highest BCUT2D eigenvalue weighted by Crippen LogP contribution is 1.92. The van der Waals surface area contributed by atoms with Crippen LogP contribution in [-0.4, -0.2) is 41.8 Å². The Kier molecular flexibility index (Phi) is 8.06. The number of carboxylic acid groups (broad SMARTS) is 1. The fourth-order valence-corrected chi connectivity index (χ4v) is 0.924. The van der Waals surface area contributed by atoms with E-state index in [-0.39, 0.29) is 31.7 Å². The van der Waals surface area contributed by atoms with Crippen molar-refractivity contribution in [2.45, 2.75) is 12.8 Å². The van der Waals surface area contributed by atoms with E-state index in [4.69, 9.17) is 15.5 Å². The Morgan fingerprint density at radius 1 is 1.35 bits per heavy atom. The summed E-state index contributed by atoms with van der Waals surface area (Å²) >= 11 is 0. The molecule has 0 aromatic carbocycles. The van der Waals surface area contributed by atoms with Crippen LogP contribution in [0.2, 0.25) is 0 Å². The number of amides is 1. The predicted octanol–water partition coefficient (Wildman–Crippen LogP) is -1.04. The molecule has 0 atom stereocenters. The summed E-state index contributed by atoms with van der Waals surface area (Å²) in [6.07, 6.45) is 1.49. The van der Waals surface area contributed by atoms with Crippen molar-refractivity contribution >= 4 is 11.9 Å². The monoisotopic (exact) mass is 241 g/mol. The number of nitriles is 1. The van der Waals surface area contributed by atoms with Gasteiger partial charge >= 0.3 is 5.97 Å². The van der Waals surface area contributed by atoms with Gasteiger partial charge in [0.15, 0.2) is 0 Å². The van der Waals surface area contributed by atoms with Crippen molar-refractivity contribution in [3.63, 3.8) is 0 Å². The molecule has 0 bridgehead atoms. The van der Waals surface area contributed by atoms with E-state index in [1.165, 1.54) is 6.20 Å². The van der Waals surface area contributed by atoms with Crippen LogP contribution in [0.25, 0.3) is 0 Å². The Bertz CT molecular complexity index is 333. The first-order valence-electron chi connectivity index (χ1n) is 5.06. The molecule has 7 nitrogen and oxygen atoms in total. The van der Waals surface area contributed by atoms with Crippen molar-refractivity contribution in [2.75, 3.05) is 19.7 Å². The summed E-state index contributed by atoms with van der Waals surface area (Å²) in [7, 11) is 0. The molecule has 0 spiro atoms. The molecule has 0 aromatic heterocycles. The van der Waals surface area contributed by atoms with Gasteiger partial charge in [-0.1, -0.05) is 0 Å². The topological polar surface area (TPSA) is 122 Å². The number of nitrogens with zero attached hydrogens (tertiary/aromatic N) is 1. The molecule has 17 heavy (non-hydrogen) atoms. The standard InChI is InChI=1S/C10H15N3O4/c11-6-8(7-12-4-5-14)10(17)13-3-1-2-9(15)16/h7,12,14H,1-5H2,(H,13,17)(H,15,16)/b8-7-. The van der Waals surface area contributed by atoms with Crippen molar-refractivity contribution in [3.05, 3.63) is 11.8 Å². The molecule has 94 valence electrons. The predicted molar refractivity (Wildman–Crippen MR) is 58.7 cm³/mol. The van der Waals surface area contributed by atoms with Gasteiger partial charge in [0.25, 0.3) is 5.91 Å². The largest absolute Gasteiger partial charge is 0.481 e. The molecule has 0 rings (SSSR count). The van der Waals surface area contributed by atoms with E-state index >= 15 is 0 Å². The molecule has 0 heterocycles. The maximum absolute atomic E-state index is 11.4. The number of aliphatic hydroxyl groups is 1. The molecule has 0 saturated carbocycles. The van der Waals surface area contributed by atoms with E-state index in [0.29, 0.717) is 6.42 Å². The van der Waals surface area contributed by atoms with Gasteiger partial charge in [-0.05, 0) is 6.42 Å². The second-order valence-electron chi connectivity index (χ2n) is 3.10. The van der Waals surface area contributed by atoms with Crippen molar-refractivity contribution in [2.24, 2.45) is 0 Å². The average Bonchev–Trinajstić information content (AvgIpc) is 2.30. The van der Waals surface area contributed by atoms with Crippen LogP contribution in [0.3, 0.4) is 0 Å². The van der Waals surface area contributed by atoms with Crippen molar-refractivity contribution < 1.29 is 19.8 Å². The number of aliphatic carboxylic acids is 1. The maximum atomic E-state index is 11.4. The highest BCUT2D eigenvalue weighted by molar-refractivity contribution is 5.97. The zero-order valence-corrected chi connectivity index (χ0v) is 9.27. The molecule has 0 aliphatic heterocycles. The SMILES string of the molecule is N#C/C(=C/NCCO)C(=O)NCCCC(=O)O. The van der Waals surface area contributed by atoms with E-state index in [0.717, 1.165) is 0 Å². The fourth-order valence-electron chi connectivity index (χ4n) is 0.924. The zero-order valence-electron chi connectivity index (χ0n) is 9.27. The summed E-state index contributed by atoms with van der Waals surface area (Å²) in [5.41, 5.74) is -0.117. The van der Waals surface area contributed by atoms with Gasteiger partial charge in [-0.3, -0.25) is 9.59 Å². The Morgan fingerprint density at radius 2 is 2.06 bits per heavy atom. The lowest BCUT2D eigenvalue weighted by Gasteiger charge is -2.03. The van der Waals surface area contributed by atoms with Gasteiger partial charge in [-0.25, -0.2) is 0 Å². The lowest BCUT2D eigenvalue weighted by Crippen LogP contribution is -2.27. The number of nitrogens with one attached hydrogen (secondary N) is 2. The van der Waals surface area contributed by atoms with Crippen LogP contribution >= 0.6 is 0 Å². The first-order chi connectivity index (χ1) is 8.11. The molecule has 7 heteroatoms. The molecule has 0 aliphatic rings. The van der Waals surface area contributed by atoms with Crippen molar-refractivity contribution in [1.82, 2.24) is 10.6 Å². The molecule has 0 fully saturated rings. The maximum Gasteiger partial charge on any atom is 0.303 e. The number of carbonyl (C=O) groups is 2. The van der Waals surface area contributed by atoms with Gasteiger partial charge in [0, 0.05) is 25.7 Å². The fraction of sp³-hybridized carbons (Fsp3) is 0.500. The highest BCUT2D eigenvalue weighted by Gasteiger charge is 2.07. The molecule has 4 N–H and O–H groups in total. The summed E-state index contributed by atoms with van der Waals surface area (Å²) < 4.78 is 0. The van der Waals surface area contributed by atoms with Crippen LogP contribution in [0.15, 0.2) is 11.8 Å². The Balaban J connectivity index is 3.97. The first kappa shape index (κ1) is 14.9. The van der Waals surface area contributed by atoms with E-state index < -0.39 is 11.9 Å². The Morgan fingerprint density at radius 3 is 2.59 bits per heavy atom. The van der Waals surface area contributed by atoms with E-state index in [1.807, 2.05) is 0 Å². The third-order valence-corrected chi connectivity index (χ3v) is 1.72. The number of aliphatic hydroxyl groups excluding tert-OH is 1. The second-order valence-corrected chi connectivity index (χ2v) is 3.10. The Hall–Kier alpha value is -2.07. The molecule has 0 saturated heterocycles. The van der Waals surface area contributed by atoms with E-state index in [9.17, 15) is 9.59 Å². The van der Waals surface area contributed by atoms with E-state index in [2.05, 4.69) is 10.6 Å². The summed E-state index contributed by atoms with van der Waals surface area (Å²) in [4.78, 5) is 21.6. The number of rotatable bonds is 8. The van der Waals surface area contributed by atoms with Crippen LogP contribution < -0.4 is 10.6 Å². The van der Waals surface area contributed by atoms with Gasteiger partial charge in [0.2, 0.25) is 0 Å². The lowest BCUT2D eigenvalue weighted by atomic mass is 10.2. The van der Waals surface area contributed by atoms with Gasteiger partial charge in [0.1, 0.15) is 11.6 Å². The van der Waals surface area contributed by atoms with Gasteiger partial charge in [-0.15, -0.1) is 0 Å². The number of hydrogen-bond donors (Lipinski definition) is 4. The summed E-state index contributed by atoms with van der Waals surface area (Å²) in [5.74, 6) is -1.50. The number of carbonyl (C=O) groups excluding carboxylic acids is 1.